The zero-order valence-electron chi connectivity index (χ0n) is 7.34. The lowest BCUT2D eigenvalue weighted by Crippen LogP contribution is -2.43. The van der Waals surface area contributed by atoms with Crippen LogP contribution >= 0.6 is 0 Å². The van der Waals surface area contributed by atoms with Gasteiger partial charge in [0.25, 0.3) is 0 Å². The lowest BCUT2D eigenvalue weighted by molar-refractivity contribution is -0.137. The maximum absolute atomic E-state index is 11.4. The highest BCUT2D eigenvalue weighted by atomic mass is 16.3. The minimum absolute atomic E-state index is 0.0651. The lowest BCUT2D eigenvalue weighted by atomic mass is 9.75. The summed E-state index contributed by atoms with van der Waals surface area (Å²) in [5.41, 5.74) is 0.0599. The van der Waals surface area contributed by atoms with Crippen LogP contribution in [0.5, 0.6) is 0 Å². The second kappa shape index (κ2) is 2.43. The van der Waals surface area contributed by atoms with E-state index in [1.54, 1.807) is 6.08 Å². The summed E-state index contributed by atoms with van der Waals surface area (Å²) in [4.78, 5) is 11.4. The van der Waals surface area contributed by atoms with Crippen LogP contribution < -0.4 is 0 Å². The number of aliphatic hydroxyl groups is 1. The van der Waals surface area contributed by atoms with Crippen molar-refractivity contribution in [2.45, 2.75) is 38.2 Å². The number of hydrogen-bond acceptors (Lipinski definition) is 2. The van der Waals surface area contributed by atoms with Gasteiger partial charge in [0, 0.05) is 5.92 Å². The molecular weight excluding hydrogens is 152 g/mol. The molecule has 2 atom stereocenters. The molecule has 2 aliphatic rings. The van der Waals surface area contributed by atoms with Crippen molar-refractivity contribution in [1.29, 1.82) is 0 Å². The minimum Gasteiger partial charge on any atom is -0.381 e. The van der Waals surface area contributed by atoms with Gasteiger partial charge in [-0.05, 0) is 25.8 Å². The van der Waals surface area contributed by atoms with Crippen molar-refractivity contribution in [2.24, 2.45) is 5.92 Å². The van der Waals surface area contributed by atoms with Gasteiger partial charge in [0.1, 0.15) is 5.60 Å². The molecule has 66 valence electrons. The minimum atomic E-state index is -1.01. The summed E-state index contributed by atoms with van der Waals surface area (Å²) in [6.07, 6.45) is 5.39. The summed E-state index contributed by atoms with van der Waals surface area (Å²) < 4.78 is 0. The van der Waals surface area contributed by atoms with Crippen LogP contribution in [-0.2, 0) is 4.79 Å². The smallest absolute Gasteiger partial charge is 0.187 e. The molecule has 0 bridgehead atoms. The first-order chi connectivity index (χ1) is 5.64. The SMILES string of the molecule is CC1=CC(=O)[C@@]2(O)CCCC[C@@H]12. The van der Waals surface area contributed by atoms with Crippen molar-refractivity contribution in [1.82, 2.24) is 0 Å². The van der Waals surface area contributed by atoms with E-state index < -0.39 is 5.60 Å². The van der Waals surface area contributed by atoms with E-state index in [0.717, 1.165) is 24.8 Å². The van der Waals surface area contributed by atoms with Gasteiger partial charge in [0.2, 0.25) is 0 Å². The molecule has 12 heavy (non-hydrogen) atoms. The molecule has 0 heterocycles. The normalized spacial score (nSPS) is 41.0. The monoisotopic (exact) mass is 166 g/mol. The van der Waals surface area contributed by atoms with Gasteiger partial charge < -0.3 is 5.11 Å². The Morgan fingerprint density at radius 1 is 1.58 bits per heavy atom. The number of ketones is 1. The molecule has 0 saturated heterocycles. The Labute approximate surface area is 72.3 Å². The Morgan fingerprint density at radius 2 is 2.33 bits per heavy atom. The summed E-state index contributed by atoms with van der Waals surface area (Å²) in [5, 5.41) is 10.0. The quantitative estimate of drug-likeness (QED) is 0.591. The fourth-order valence-corrected chi connectivity index (χ4v) is 2.49. The average Bonchev–Trinajstić information content (AvgIpc) is 2.25. The molecule has 0 aromatic heterocycles. The van der Waals surface area contributed by atoms with Crippen LogP contribution in [0.3, 0.4) is 0 Å². The number of carbonyl (C=O) groups is 1. The first kappa shape index (κ1) is 7.99. The molecular formula is C10H14O2. The summed E-state index contributed by atoms with van der Waals surface area (Å²) >= 11 is 0. The van der Waals surface area contributed by atoms with Gasteiger partial charge in [-0.3, -0.25) is 4.79 Å². The van der Waals surface area contributed by atoms with E-state index in [4.69, 9.17) is 0 Å². The summed E-state index contributed by atoms with van der Waals surface area (Å²) in [5.74, 6) is 0.0587. The van der Waals surface area contributed by atoms with E-state index in [1.165, 1.54) is 0 Å². The first-order valence-electron chi connectivity index (χ1n) is 4.59. The Morgan fingerprint density at radius 3 is 3.00 bits per heavy atom. The third-order valence-electron chi connectivity index (χ3n) is 3.21. The van der Waals surface area contributed by atoms with Gasteiger partial charge in [0.05, 0.1) is 0 Å². The molecule has 2 aliphatic carbocycles. The highest BCUT2D eigenvalue weighted by Gasteiger charge is 2.48. The Kier molecular flexibility index (Phi) is 1.62. The van der Waals surface area contributed by atoms with E-state index in [0.29, 0.717) is 6.42 Å². The Balaban J connectivity index is 2.34. The van der Waals surface area contributed by atoms with E-state index in [2.05, 4.69) is 0 Å². The van der Waals surface area contributed by atoms with Crippen LogP contribution in [0.25, 0.3) is 0 Å². The maximum Gasteiger partial charge on any atom is 0.187 e. The van der Waals surface area contributed by atoms with Crippen molar-refractivity contribution in [2.75, 3.05) is 0 Å². The molecule has 0 aromatic rings. The first-order valence-corrected chi connectivity index (χ1v) is 4.59. The Bertz CT molecular complexity index is 255. The molecule has 0 aliphatic heterocycles. The third kappa shape index (κ3) is 0.876. The van der Waals surface area contributed by atoms with Gasteiger partial charge in [-0.25, -0.2) is 0 Å². The molecule has 1 N–H and O–H groups in total. The maximum atomic E-state index is 11.4. The fraction of sp³-hybridized carbons (Fsp3) is 0.700. The summed E-state index contributed by atoms with van der Waals surface area (Å²) in [6, 6.07) is 0. The van der Waals surface area contributed by atoms with Gasteiger partial charge in [-0.15, -0.1) is 0 Å². The largest absolute Gasteiger partial charge is 0.381 e. The second-order valence-corrected chi connectivity index (χ2v) is 3.98. The van der Waals surface area contributed by atoms with E-state index >= 15 is 0 Å². The highest BCUT2D eigenvalue weighted by molar-refractivity contribution is 6.00. The number of carbonyl (C=O) groups excluding carboxylic acids is 1. The molecule has 2 nitrogen and oxygen atoms in total. The van der Waals surface area contributed by atoms with Crippen molar-refractivity contribution >= 4 is 5.78 Å². The molecule has 0 spiro atoms. The summed E-state index contributed by atoms with van der Waals surface area (Å²) in [6.45, 7) is 1.95. The molecule has 0 unspecified atom stereocenters. The number of fused-ring (bicyclic) bond motifs is 1. The molecule has 2 heteroatoms. The van der Waals surface area contributed by atoms with Crippen molar-refractivity contribution in [3.05, 3.63) is 11.6 Å². The highest BCUT2D eigenvalue weighted by Crippen LogP contribution is 2.43. The summed E-state index contributed by atoms with van der Waals surface area (Å²) in [7, 11) is 0. The van der Waals surface area contributed by atoms with Crippen molar-refractivity contribution < 1.29 is 9.90 Å². The zero-order valence-corrected chi connectivity index (χ0v) is 7.34. The topological polar surface area (TPSA) is 37.3 Å². The van der Waals surface area contributed by atoms with Crippen LogP contribution in [0.1, 0.15) is 32.6 Å². The van der Waals surface area contributed by atoms with Gasteiger partial charge >= 0.3 is 0 Å². The lowest BCUT2D eigenvalue weighted by Gasteiger charge is -2.34. The van der Waals surface area contributed by atoms with Crippen LogP contribution in [0.2, 0.25) is 0 Å². The second-order valence-electron chi connectivity index (χ2n) is 3.98. The van der Waals surface area contributed by atoms with Crippen LogP contribution in [-0.4, -0.2) is 16.5 Å². The molecule has 2 rings (SSSR count). The zero-order chi connectivity index (χ0) is 8.77. The molecule has 0 amide bonds. The predicted octanol–water partition coefficient (Wildman–Crippen LogP) is 1.44. The van der Waals surface area contributed by atoms with E-state index in [9.17, 15) is 9.90 Å². The fourth-order valence-electron chi connectivity index (χ4n) is 2.49. The van der Waals surface area contributed by atoms with E-state index in [1.807, 2.05) is 6.92 Å². The van der Waals surface area contributed by atoms with Gasteiger partial charge in [0.15, 0.2) is 5.78 Å². The van der Waals surface area contributed by atoms with Crippen LogP contribution in [0.4, 0.5) is 0 Å². The molecule has 1 fully saturated rings. The number of hydrogen-bond donors (Lipinski definition) is 1. The van der Waals surface area contributed by atoms with Crippen LogP contribution in [0.15, 0.2) is 11.6 Å². The van der Waals surface area contributed by atoms with Crippen molar-refractivity contribution in [3.8, 4) is 0 Å². The number of rotatable bonds is 0. The molecule has 1 saturated carbocycles. The predicted molar refractivity (Wildman–Crippen MR) is 45.7 cm³/mol. The molecule has 0 radical (unpaired) electrons. The third-order valence-corrected chi connectivity index (χ3v) is 3.21. The Hall–Kier alpha value is -0.630. The van der Waals surface area contributed by atoms with Crippen molar-refractivity contribution in [3.63, 3.8) is 0 Å². The average molecular weight is 166 g/mol. The van der Waals surface area contributed by atoms with Crippen LogP contribution in [0, 0.1) is 5.92 Å². The van der Waals surface area contributed by atoms with Gasteiger partial charge in [-0.2, -0.15) is 0 Å². The molecule has 0 aromatic carbocycles. The van der Waals surface area contributed by atoms with E-state index in [-0.39, 0.29) is 11.7 Å². The van der Waals surface area contributed by atoms with Gasteiger partial charge in [-0.1, -0.05) is 18.4 Å². The standard InChI is InChI=1S/C10H14O2/c1-7-6-9(11)10(12)5-3-2-4-8(7)10/h6,8,12H,2-5H2,1H3/t8-,10+/m0/s1.